The van der Waals surface area contributed by atoms with Gasteiger partial charge in [0.1, 0.15) is 5.82 Å². The number of halogens is 1. The number of hydrogen-bond donors (Lipinski definition) is 2. The number of carbonyl (C=O) groups is 2. The molecular formula is C21H18ClN3O3. The van der Waals surface area contributed by atoms with Crippen molar-refractivity contribution in [1.29, 1.82) is 0 Å². The summed E-state index contributed by atoms with van der Waals surface area (Å²) in [7, 11) is 1.32. The highest BCUT2D eigenvalue weighted by molar-refractivity contribution is 6.31. The number of ether oxygens (including phenoxy) is 1. The largest absolute Gasteiger partial charge is 0.465 e. The van der Waals surface area contributed by atoms with E-state index in [9.17, 15) is 9.59 Å². The van der Waals surface area contributed by atoms with Gasteiger partial charge >= 0.3 is 5.97 Å². The third-order valence-electron chi connectivity index (χ3n) is 4.03. The van der Waals surface area contributed by atoms with E-state index in [2.05, 4.69) is 20.4 Å². The van der Waals surface area contributed by atoms with Gasteiger partial charge in [0.25, 0.3) is 5.91 Å². The third-order valence-corrected chi connectivity index (χ3v) is 4.44. The Balaban J connectivity index is 1.71. The summed E-state index contributed by atoms with van der Waals surface area (Å²) < 4.78 is 4.65. The number of aryl methyl sites for hydroxylation is 1. The van der Waals surface area contributed by atoms with Crippen LogP contribution in [0.25, 0.3) is 0 Å². The van der Waals surface area contributed by atoms with Crippen molar-refractivity contribution >= 4 is 40.7 Å². The number of esters is 1. The van der Waals surface area contributed by atoms with Gasteiger partial charge in [-0.15, -0.1) is 0 Å². The van der Waals surface area contributed by atoms with Crippen LogP contribution in [0.2, 0.25) is 5.02 Å². The topological polar surface area (TPSA) is 80.3 Å². The molecule has 3 aromatic rings. The number of aromatic nitrogens is 1. The maximum absolute atomic E-state index is 12.5. The van der Waals surface area contributed by atoms with E-state index in [0.717, 1.165) is 11.3 Å². The predicted octanol–water partition coefficient (Wildman–Crippen LogP) is 4.83. The summed E-state index contributed by atoms with van der Waals surface area (Å²) in [6, 6.07) is 15.3. The molecule has 1 heterocycles. The summed E-state index contributed by atoms with van der Waals surface area (Å²) in [6.45, 7) is 1.92. The van der Waals surface area contributed by atoms with Crippen LogP contribution in [0.1, 0.15) is 26.3 Å². The van der Waals surface area contributed by atoms with E-state index >= 15 is 0 Å². The molecule has 7 heteroatoms. The summed E-state index contributed by atoms with van der Waals surface area (Å²) in [5.41, 5.74) is 3.17. The van der Waals surface area contributed by atoms with Crippen molar-refractivity contribution in [1.82, 2.24) is 4.98 Å². The number of carbonyl (C=O) groups excluding carboxylic acids is 2. The van der Waals surface area contributed by atoms with E-state index in [4.69, 9.17) is 11.6 Å². The molecule has 1 amide bonds. The lowest BCUT2D eigenvalue weighted by Gasteiger charge is -2.09. The summed E-state index contributed by atoms with van der Waals surface area (Å²) in [4.78, 5) is 28.2. The van der Waals surface area contributed by atoms with E-state index in [-0.39, 0.29) is 5.91 Å². The van der Waals surface area contributed by atoms with Crippen molar-refractivity contribution in [3.05, 3.63) is 82.5 Å². The van der Waals surface area contributed by atoms with Crippen molar-refractivity contribution in [2.45, 2.75) is 6.92 Å². The van der Waals surface area contributed by atoms with E-state index < -0.39 is 5.97 Å². The Morgan fingerprint density at radius 3 is 2.36 bits per heavy atom. The van der Waals surface area contributed by atoms with E-state index in [0.29, 0.717) is 27.7 Å². The Kier molecular flexibility index (Phi) is 5.91. The number of rotatable bonds is 5. The number of amides is 1. The summed E-state index contributed by atoms with van der Waals surface area (Å²) >= 11 is 6.14. The molecule has 1 aromatic heterocycles. The lowest BCUT2D eigenvalue weighted by molar-refractivity contribution is 0.0600. The fraction of sp³-hybridized carbons (Fsp3) is 0.0952. The SMILES string of the molecule is COC(=O)c1ccc(NC(=O)c2ccnc(Nc3ccc(C)c(Cl)c3)c2)cc1. The second-order valence-electron chi connectivity index (χ2n) is 6.04. The zero-order valence-corrected chi connectivity index (χ0v) is 16.1. The summed E-state index contributed by atoms with van der Waals surface area (Å²) in [6.07, 6.45) is 1.55. The van der Waals surface area contributed by atoms with Gasteiger partial charge in [0.15, 0.2) is 0 Å². The van der Waals surface area contributed by atoms with Gasteiger partial charge in [0.05, 0.1) is 12.7 Å². The molecule has 2 N–H and O–H groups in total. The van der Waals surface area contributed by atoms with Gasteiger partial charge in [-0.25, -0.2) is 9.78 Å². The fourth-order valence-electron chi connectivity index (χ4n) is 2.47. The van der Waals surface area contributed by atoms with Crippen LogP contribution in [0.5, 0.6) is 0 Å². The second-order valence-corrected chi connectivity index (χ2v) is 6.45. The zero-order chi connectivity index (χ0) is 20.1. The lowest BCUT2D eigenvalue weighted by Crippen LogP contribution is -2.12. The minimum atomic E-state index is -0.432. The number of nitrogens with one attached hydrogen (secondary N) is 2. The molecule has 2 aromatic carbocycles. The molecule has 0 aliphatic carbocycles. The van der Waals surface area contributed by atoms with E-state index in [1.807, 2.05) is 19.1 Å². The highest BCUT2D eigenvalue weighted by Crippen LogP contribution is 2.23. The average Bonchev–Trinajstić information content (AvgIpc) is 2.71. The van der Waals surface area contributed by atoms with Crippen LogP contribution >= 0.6 is 11.6 Å². The standard InChI is InChI=1S/C21H18ClN3O3/c1-13-3-6-17(12-18(13)22)24-19-11-15(9-10-23-19)20(26)25-16-7-4-14(5-8-16)21(27)28-2/h3-12H,1-2H3,(H,23,24)(H,25,26). The van der Waals surface area contributed by atoms with Crippen molar-refractivity contribution in [3.8, 4) is 0 Å². The zero-order valence-electron chi connectivity index (χ0n) is 15.3. The molecular weight excluding hydrogens is 378 g/mol. The van der Waals surface area contributed by atoms with Crippen molar-refractivity contribution in [3.63, 3.8) is 0 Å². The van der Waals surface area contributed by atoms with Gasteiger partial charge < -0.3 is 15.4 Å². The molecule has 0 aliphatic heterocycles. The van der Waals surface area contributed by atoms with Gasteiger partial charge in [0, 0.05) is 28.2 Å². The lowest BCUT2D eigenvalue weighted by atomic mass is 10.2. The number of methoxy groups -OCH3 is 1. The number of hydrogen-bond acceptors (Lipinski definition) is 5. The molecule has 142 valence electrons. The molecule has 0 spiro atoms. The number of anilines is 3. The van der Waals surface area contributed by atoms with Crippen molar-refractivity contribution < 1.29 is 14.3 Å². The number of benzene rings is 2. The Hall–Kier alpha value is -3.38. The van der Waals surface area contributed by atoms with Gasteiger partial charge in [-0.2, -0.15) is 0 Å². The Labute approximate surface area is 167 Å². The first-order valence-corrected chi connectivity index (χ1v) is 8.83. The van der Waals surface area contributed by atoms with Crippen molar-refractivity contribution in [2.75, 3.05) is 17.7 Å². The monoisotopic (exact) mass is 395 g/mol. The van der Waals surface area contributed by atoms with E-state index in [1.54, 1.807) is 48.7 Å². The van der Waals surface area contributed by atoms with Gasteiger partial charge in [0.2, 0.25) is 0 Å². The molecule has 0 radical (unpaired) electrons. The van der Waals surface area contributed by atoms with Gasteiger partial charge in [-0.1, -0.05) is 17.7 Å². The maximum atomic E-state index is 12.5. The molecule has 0 atom stereocenters. The minimum Gasteiger partial charge on any atom is -0.465 e. The van der Waals surface area contributed by atoms with Gasteiger partial charge in [-0.05, 0) is 61.0 Å². The predicted molar refractivity (Wildman–Crippen MR) is 109 cm³/mol. The Morgan fingerprint density at radius 1 is 0.964 bits per heavy atom. The second kappa shape index (κ2) is 8.54. The number of nitrogens with zero attached hydrogens (tertiary/aromatic N) is 1. The van der Waals surface area contributed by atoms with E-state index in [1.165, 1.54) is 7.11 Å². The van der Waals surface area contributed by atoms with Crippen LogP contribution in [0.4, 0.5) is 17.2 Å². The molecule has 0 saturated carbocycles. The van der Waals surface area contributed by atoms with Crippen LogP contribution in [-0.4, -0.2) is 24.0 Å². The van der Waals surface area contributed by atoms with Crippen LogP contribution < -0.4 is 10.6 Å². The molecule has 6 nitrogen and oxygen atoms in total. The first-order chi connectivity index (χ1) is 13.5. The molecule has 3 rings (SSSR count). The molecule has 0 bridgehead atoms. The van der Waals surface area contributed by atoms with Gasteiger partial charge in [-0.3, -0.25) is 4.79 Å². The molecule has 0 aliphatic rings. The molecule has 0 unspecified atom stereocenters. The third kappa shape index (κ3) is 4.66. The van der Waals surface area contributed by atoms with Crippen LogP contribution in [0.3, 0.4) is 0 Å². The Bertz CT molecular complexity index is 1020. The number of pyridine rings is 1. The van der Waals surface area contributed by atoms with Crippen molar-refractivity contribution in [2.24, 2.45) is 0 Å². The van der Waals surface area contributed by atoms with Crippen LogP contribution in [0, 0.1) is 6.92 Å². The summed E-state index contributed by atoms with van der Waals surface area (Å²) in [5, 5.41) is 6.56. The van der Waals surface area contributed by atoms with Crippen LogP contribution in [0.15, 0.2) is 60.8 Å². The highest BCUT2D eigenvalue weighted by Gasteiger charge is 2.10. The average molecular weight is 396 g/mol. The minimum absolute atomic E-state index is 0.293. The Morgan fingerprint density at radius 2 is 1.68 bits per heavy atom. The van der Waals surface area contributed by atoms with Crippen LogP contribution in [-0.2, 0) is 4.74 Å². The molecule has 0 saturated heterocycles. The maximum Gasteiger partial charge on any atom is 0.337 e. The highest BCUT2D eigenvalue weighted by atomic mass is 35.5. The molecule has 0 fully saturated rings. The first kappa shape index (κ1) is 19.4. The smallest absolute Gasteiger partial charge is 0.337 e. The quantitative estimate of drug-likeness (QED) is 0.605. The normalized spacial score (nSPS) is 10.2. The fourth-order valence-corrected chi connectivity index (χ4v) is 2.65. The first-order valence-electron chi connectivity index (χ1n) is 8.45. The molecule has 28 heavy (non-hydrogen) atoms. The summed E-state index contributed by atoms with van der Waals surface area (Å²) in [5.74, 6) is -0.203.